The molecule has 2 N–H and O–H groups in total. The van der Waals surface area contributed by atoms with Crippen LogP contribution in [0.2, 0.25) is 0 Å². The number of amides is 1. The van der Waals surface area contributed by atoms with E-state index in [9.17, 15) is 9.59 Å². The molecule has 20 heavy (non-hydrogen) atoms. The van der Waals surface area contributed by atoms with Gasteiger partial charge in [0.15, 0.2) is 0 Å². The molecule has 112 valence electrons. The number of ether oxygens (including phenoxy) is 1. The van der Waals surface area contributed by atoms with Crippen LogP contribution in [0.4, 0.5) is 0 Å². The van der Waals surface area contributed by atoms with Crippen LogP contribution < -0.4 is 10.1 Å². The van der Waals surface area contributed by atoms with Gasteiger partial charge in [-0.25, -0.2) is 0 Å². The quantitative estimate of drug-likeness (QED) is 0.773. The molecule has 0 radical (unpaired) electrons. The predicted molar refractivity (Wildman–Crippen MR) is 78.4 cm³/mol. The topological polar surface area (TPSA) is 75.6 Å². The normalized spacial score (nSPS) is 12.2. The van der Waals surface area contributed by atoms with Gasteiger partial charge in [0.2, 0.25) is 0 Å². The van der Waals surface area contributed by atoms with E-state index in [-0.39, 0.29) is 18.2 Å². The van der Waals surface area contributed by atoms with Crippen molar-refractivity contribution in [1.82, 2.24) is 5.32 Å². The summed E-state index contributed by atoms with van der Waals surface area (Å²) in [7, 11) is 1.55. The first-order valence-corrected chi connectivity index (χ1v) is 7.42. The average Bonchev–Trinajstić information content (AvgIpc) is 2.83. The van der Waals surface area contributed by atoms with Crippen LogP contribution in [-0.4, -0.2) is 30.6 Å². The first kappa shape index (κ1) is 16.5. The smallest absolute Gasteiger partial charge is 0.303 e. The molecule has 1 amide bonds. The molecule has 0 aliphatic heterocycles. The van der Waals surface area contributed by atoms with Crippen LogP contribution in [0.5, 0.6) is 5.75 Å². The van der Waals surface area contributed by atoms with Gasteiger partial charge in [-0.1, -0.05) is 13.8 Å². The molecule has 1 rings (SSSR count). The van der Waals surface area contributed by atoms with Crippen molar-refractivity contribution >= 4 is 23.2 Å². The van der Waals surface area contributed by atoms with E-state index in [0.29, 0.717) is 23.1 Å². The zero-order chi connectivity index (χ0) is 15.1. The number of aliphatic carboxylic acids is 1. The summed E-state index contributed by atoms with van der Waals surface area (Å²) >= 11 is 1.31. The minimum Gasteiger partial charge on any atom is -0.496 e. The van der Waals surface area contributed by atoms with Crippen molar-refractivity contribution in [2.75, 3.05) is 13.7 Å². The summed E-state index contributed by atoms with van der Waals surface area (Å²) in [5.74, 6) is 0.000875. The highest BCUT2D eigenvalue weighted by atomic mass is 32.1. The maximum Gasteiger partial charge on any atom is 0.303 e. The monoisotopic (exact) mass is 299 g/mol. The van der Waals surface area contributed by atoms with Gasteiger partial charge in [0.05, 0.1) is 12.0 Å². The van der Waals surface area contributed by atoms with Crippen molar-refractivity contribution in [1.29, 1.82) is 0 Å². The third-order valence-corrected chi connectivity index (χ3v) is 3.76. The molecule has 1 heterocycles. The van der Waals surface area contributed by atoms with E-state index >= 15 is 0 Å². The van der Waals surface area contributed by atoms with E-state index in [1.54, 1.807) is 18.6 Å². The van der Waals surface area contributed by atoms with Crippen LogP contribution in [0.3, 0.4) is 0 Å². The van der Waals surface area contributed by atoms with Gasteiger partial charge in [-0.05, 0) is 18.3 Å². The van der Waals surface area contributed by atoms with E-state index < -0.39 is 5.97 Å². The minimum absolute atomic E-state index is 0.0432. The van der Waals surface area contributed by atoms with Gasteiger partial charge in [-0.15, -0.1) is 11.3 Å². The van der Waals surface area contributed by atoms with Crippen LogP contribution in [0.1, 0.15) is 36.4 Å². The second-order valence-electron chi connectivity index (χ2n) is 5.15. The number of thiophene rings is 1. The Morgan fingerprint density at radius 1 is 1.45 bits per heavy atom. The molecule has 0 aliphatic rings. The SMILES string of the molecule is COc1csc(C(=O)NC[C@H](CC(=O)O)CC(C)C)c1. The Bertz CT molecular complexity index is 456. The molecule has 0 unspecified atom stereocenters. The second-order valence-corrected chi connectivity index (χ2v) is 6.07. The number of nitrogens with one attached hydrogen (secondary N) is 1. The third-order valence-electron chi connectivity index (χ3n) is 2.85. The van der Waals surface area contributed by atoms with Crippen molar-refractivity contribution in [2.45, 2.75) is 26.7 Å². The Labute approximate surface area is 123 Å². The Kier molecular flexibility index (Phi) is 6.51. The summed E-state index contributed by atoms with van der Waals surface area (Å²) in [4.78, 5) is 23.3. The number of carbonyl (C=O) groups excluding carboxylic acids is 1. The molecule has 0 fully saturated rings. The molecule has 0 saturated heterocycles. The van der Waals surface area contributed by atoms with Gasteiger partial charge in [0.1, 0.15) is 5.75 Å². The number of methoxy groups -OCH3 is 1. The number of carboxylic acids is 1. The van der Waals surface area contributed by atoms with Crippen molar-refractivity contribution in [3.05, 3.63) is 16.3 Å². The van der Waals surface area contributed by atoms with E-state index in [1.165, 1.54) is 11.3 Å². The van der Waals surface area contributed by atoms with Gasteiger partial charge < -0.3 is 15.2 Å². The summed E-state index contributed by atoms with van der Waals surface area (Å²) < 4.78 is 5.03. The molecule has 5 nitrogen and oxygen atoms in total. The lowest BCUT2D eigenvalue weighted by atomic mass is 9.94. The van der Waals surface area contributed by atoms with Crippen molar-refractivity contribution in [3.63, 3.8) is 0 Å². The maximum absolute atomic E-state index is 11.9. The summed E-state index contributed by atoms with van der Waals surface area (Å²) in [5, 5.41) is 13.4. The lowest BCUT2D eigenvalue weighted by Crippen LogP contribution is -2.30. The van der Waals surface area contributed by atoms with E-state index in [4.69, 9.17) is 9.84 Å². The molecule has 0 spiro atoms. The zero-order valence-electron chi connectivity index (χ0n) is 12.0. The van der Waals surface area contributed by atoms with Crippen molar-refractivity contribution in [3.8, 4) is 5.75 Å². The first-order valence-electron chi connectivity index (χ1n) is 6.54. The van der Waals surface area contributed by atoms with Gasteiger partial charge in [-0.2, -0.15) is 0 Å². The second kappa shape index (κ2) is 7.89. The maximum atomic E-state index is 11.9. The van der Waals surface area contributed by atoms with E-state index in [0.717, 1.165) is 6.42 Å². The Balaban J connectivity index is 2.52. The van der Waals surface area contributed by atoms with E-state index in [2.05, 4.69) is 5.32 Å². The summed E-state index contributed by atoms with van der Waals surface area (Å²) in [6.07, 6.45) is 0.854. The Morgan fingerprint density at radius 2 is 2.15 bits per heavy atom. The molecule has 0 aromatic carbocycles. The lowest BCUT2D eigenvalue weighted by molar-refractivity contribution is -0.138. The molecule has 0 saturated carbocycles. The summed E-state index contributed by atoms with van der Waals surface area (Å²) in [6.45, 7) is 4.46. The fourth-order valence-electron chi connectivity index (χ4n) is 2.02. The fraction of sp³-hybridized carbons (Fsp3) is 0.571. The van der Waals surface area contributed by atoms with Crippen LogP contribution in [0.15, 0.2) is 11.4 Å². The summed E-state index contributed by atoms with van der Waals surface area (Å²) in [5.41, 5.74) is 0. The molecule has 0 aliphatic carbocycles. The highest BCUT2D eigenvalue weighted by molar-refractivity contribution is 7.12. The standard InChI is InChI=1S/C14H21NO4S/c1-9(2)4-10(5-13(16)17)7-15-14(18)12-6-11(19-3)8-20-12/h6,8-10H,4-5,7H2,1-3H3,(H,15,18)(H,16,17)/t10-/m0/s1. The average molecular weight is 299 g/mol. The Hall–Kier alpha value is -1.56. The van der Waals surface area contributed by atoms with E-state index in [1.807, 2.05) is 13.8 Å². The van der Waals surface area contributed by atoms with Crippen LogP contribution >= 0.6 is 11.3 Å². The number of hydrogen-bond donors (Lipinski definition) is 2. The fourth-order valence-corrected chi connectivity index (χ4v) is 2.79. The lowest BCUT2D eigenvalue weighted by Gasteiger charge is -2.17. The van der Waals surface area contributed by atoms with Crippen LogP contribution in [0.25, 0.3) is 0 Å². The largest absolute Gasteiger partial charge is 0.496 e. The van der Waals surface area contributed by atoms with Crippen molar-refractivity contribution in [2.24, 2.45) is 11.8 Å². The summed E-state index contributed by atoms with van der Waals surface area (Å²) in [6, 6.07) is 1.68. The van der Waals surface area contributed by atoms with Gasteiger partial charge in [-0.3, -0.25) is 9.59 Å². The third kappa shape index (κ3) is 5.61. The number of carboxylic acid groups (broad SMARTS) is 1. The molecule has 6 heteroatoms. The molecule has 1 aromatic heterocycles. The molecule has 1 atom stereocenters. The minimum atomic E-state index is -0.831. The highest BCUT2D eigenvalue weighted by Crippen LogP contribution is 2.21. The van der Waals surface area contributed by atoms with Gasteiger partial charge >= 0.3 is 5.97 Å². The van der Waals surface area contributed by atoms with Crippen LogP contribution in [0, 0.1) is 11.8 Å². The van der Waals surface area contributed by atoms with Crippen LogP contribution in [-0.2, 0) is 4.79 Å². The molecule has 1 aromatic rings. The highest BCUT2D eigenvalue weighted by Gasteiger charge is 2.17. The Morgan fingerprint density at radius 3 is 2.65 bits per heavy atom. The number of rotatable bonds is 8. The van der Waals surface area contributed by atoms with Crippen molar-refractivity contribution < 1.29 is 19.4 Å². The molecular formula is C14H21NO4S. The zero-order valence-corrected chi connectivity index (χ0v) is 12.8. The molecular weight excluding hydrogens is 278 g/mol. The van der Waals surface area contributed by atoms with Gasteiger partial charge in [0.25, 0.3) is 5.91 Å². The first-order chi connectivity index (χ1) is 9.42. The number of carbonyl (C=O) groups is 2. The predicted octanol–water partition coefficient (Wildman–Crippen LogP) is 2.62. The number of hydrogen-bond acceptors (Lipinski definition) is 4. The molecule has 0 bridgehead atoms. The van der Waals surface area contributed by atoms with Gasteiger partial charge in [0, 0.05) is 24.4 Å².